The molecule has 0 aliphatic carbocycles. The average molecular weight is 348 g/mol. The molecular formula is C14H28N4O6. The molecule has 0 radical (unpaired) electrons. The first-order valence-electron chi connectivity index (χ1n) is 7.74. The van der Waals surface area contributed by atoms with Crippen LogP contribution in [0.15, 0.2) is 0 Å². The molecular weight excluding hydrogens is 320 g/mol. The van der Waals surface area contributed by atoms with E-state index in [0.717, 1.165) is 12.8 Å². The third kappa shape index (κ3) is 12.3. The summed E-state index contributed by atoms with van der Waals surface area (Å²) in [4.78, 5) is 35.1. The van der Waals surface area contributed by atoms with Gasteiger partial charge in [-0.05, 0) is 25.9 Å². The monoisotopic (exact) mass is 348 g/mol. The molecule has 0 aliphatic rings. The first-order valence-corrected chi connectivity index (χ1v) is 7.74. The molecule has 0 bridgehead atoms. The van der Waals surface area contributed by atoms with Crippen molar-refractivity contribution >= 4 is 18.3 Å². The van der Waals surface area contributed by atoms with Gasteiger partial charge < -0.3 is 30.2 Å². The summed E-state index contributed by atoms with van der Waals surface area (Å²) in [6.07, 6.45) is 0.0344. The Morgan fingerprint density at radius 3 is 1.75 bits per heavy atom. The van der Waals surface area contributed by atoms with Gasteiger partial charge in [0.25, 0.3) is 0 Å². The fraction of sp³-hybridized carbons (Fsp3) is 0.786. The van der Waals surface area contributed by atoms with Crippen molar-refractivity contribution in [3.05, 3.63) is 0 Å². The van der Waals surface area contributed by atoms with Crippen molar-refractivity contribution in [2.45, 2.75) is 12.8 Å². The van der Waals surface area contributed by atoms with Crippen molar-refractivity contribution in [1.29, 1.82) is 0 Å². The number of alkyl carbamates (subject to hydrolysis) is 3. The minimum atomic E-state index is -0.477. The molecule has 0 spiro atoms. The molecule has 140 valence electrons. The highest BCUT2D eigenvalue weighted by Gasteiger charge is 2.08. The van der Waals surface area contributed by atoms with Gasteiger partial charge in [0.2, 0.25) is 0 Å². The zero-order chi connectivity index (χ0) is 18.2. The van der Waals surface area contributed by atoms with E-state index in [1.807, 2.05) is 0 Å². The topological polar surface area (TPSA) is 118 Å². The van der Waals surface area contributed by atoms with Crippen LogP contribution in [0, 0.1) is 0 Å². The molecule has 3 amide bonds. The standard InChI is InChI=1S/C14H28N4O6/c1-15-12(19)24-11-10-18(8-4-6-16-13(20)22-2)9-5-7-17-14(21)23-3/h4-11H2,1-3H3,(H,15,19)(H,16,20)(H,17,21). The molecule has 0 aromatic carbocycles. The third-order valence-corrected chi connectivity index (χ3v) is 3.06. The van der Waals surface area contributed by atoms with E-state index in [2.05, 4.69) is 30.3 Å². The zero-order valence-electron chi connectivity index (χ0n) is 14.6. The Balaban J connectivity index is 4.05. The molecule has 24 heavy (non-hydrogen) atoms. The second kappa shape index (κ2) is 14.4. The Morgan fingerprint density at radius 1 is 0.833 bits per heavy atom. The molecule has 10 heteroatoms. The molecule has 0 saturated heterocycles. The van der Waals surface area contributed by atoms with Gasteiger partial charge in [0.05, 0.1) is 14.2 Å². The number of ether oxygens (including phenoxy) is 3. The van der Waals surface area contributed by atoms with Crippen LogP contribution in [0.3, 0.4) is 0 Å². The number of amides is 3. The van der Waals surface area contributed by atoms with Crippen LogP contribution >= 0.6 is 0 Å². The Hall–Kier alpha value is -2.23. The van der Waals surface area contributed by atoms with Crippen molar-refractivity contribution < 1.29 is 28.6 Å². The third-order valence-electron chi connectivity index (χ3n) is 3.06. The van der Waals surface area contributed by atoms with Crippen molar-refractivity contribution in [3.63, 3.8) is 0 Å². The van der Waals surface area contributed by atoms with Gasteiger partial charge in [-0.1, -0.05) is 0 Å². The van der Waals surface area contributed by atoms with Gasteiger partial charge in [0, 0.05) is 26.7 Å². The summed E-state index contributed by atoms with van der Waals surface area (Å²) < 4.78 is 14.0. The van der Waals surface area contributed by atoms with E-state index in [9.17, 15) is 14.4 Å². The largest absolute Gasteiger partial charge is 0.453 e. The molecule has 0 saturated carbocycles. The number of nitrogens with zero attached hydrogens (tertiary/aromatic N) is 1. The minimum absolute atomic E-state index is 0.258. The van der Waals surface area contributed by atoms with Crippen LogP contribution in [0.25, 0.3) is 0 Å². The lowest BCUT2D eigenvalue weighted by molar-refractivity contribution is 0.127. The van der Waals surface area contributed by atoms with Gasteiger partial charge in [-0.2, -0.15) is 0 Å². The highest BCUT2D eigenvalue weighted by atomic mass is 16.6. The maximum Gasteiger partial charge on any atom is 0.406 e. The molecule has 3 N–H and O–H groups in total. The maximum atomic E-state index is 11.1. The predicted octanol–water partition coefficient (Wildman–Crippen LogP) is 0.137. The highest BCUT2D eigenvalue weighted by molar-refractivity contribution is 5.67. The van der Waals surface area contributed by atoms with Gasteiger partial charge in [-0.25, -0.2) is 14.4 Å². The van der Waals surface area contributed by atoms with Gasteiger partial charge in [-0.15, -0.1) is 0 Å². The van der Waals surface area contributed by atoms with Crippen LogP contribution in [0.5, 0.6) is 0 Å². The van der Waals surface area contributed by atoms with Crippen molar-refractivity contribution in [2.24, 2.45) is 0 Å². The van der Waals surface area contributed by atoms with E-state index in [1.54, 1.807) is 0 Å². The summed E-state index contributed by atoms with van der Waals surface area (Å²) in [7, 11) is 4.12. The number of rotatable bonds is 11. The lowest BCUT2D eigenvalue weighted by Crippen LogP contribution is -2.35. The van der Waals surface area contributed by atoms with Crippen LogP contribution in [0.2, 0.25) is 0 Å². The molecule has 0 heterocycles. The van der Waals surface area contributed by atoms with E-state index < -0.39 is 18.3 Å². The van der Waals surface area contributed by atoms with Gasteiger partial charge in [-0.3, -0.25) is 4.90 Å². The number of carbonyl (C=O) groups excluding carboxylic acids is 3. The quantitative estimate of drug-likeness (QED) is 0.359. The van der Waals surface area contributed by atoms with E-state index >= 15 is 0 Å². The maximum absolute atomic E-state index is 11.1. The molecule has 0 unspecified atom stereocenters. The number of nitrogens with one attached hydrogen (secondary N) is 3. The van der Waals surface area contributed by atoms with E-state index in [-0.39, 0.29) is 6.61 Å². The molecule has 10 nitrogen and oxygen atoms in total. The van der Waals surface area contributed by atoms with Crippen molar-refractivity contribution in [3.8, 4) is 0 Å². The number of methoxy groups -OCH3 is 2. The summed E-state index contributed by atoms with van der Waals surface area (Å²) in [6, 6.07) is 0. The summed E-state index contributed by atoms with van der Waals surface area (Å²) in [5, 5.41) is 7.59. The molecule has 0 aliphatic heterocycles. The Kier molecular flexibility index (Phi) is 13.0. The zero-order valence-corrected chi connectivity index (χ0v) is 14.6. The molecule has 0 fully saturated rings. The Morgan fingerprint density at radius 2 is 1.33 bits per heavy atom. The van der Waals surface area contributed by atoms with E-state index in [4.69, 9.17) is 4.74 Å². The summed E-state index contributed by atoms with van der Waals surface area (Å²) in [6.45, 7) is 3.21. The first-order chi connectivity index (χ1) is 11.5. The van der Waals surface area contributed by atoms with Crippen LogP contribution in [-0.4, -0.2) is 83.8 Å². The minimum Gasteiger partial charge on any atom is -0.453 e. The first kappa shape index (κ1) is 21.8. The van der Waals surface area contributed by atoms with Crippen molar-refractivity contribution in [2.75, 3.05) is 60.6 Å². The number of hydrogen-bond acceptors (Lipinski definition) is 7. The van der Waals surface area contributed by atoms with Gasteiger partial charge >= 0.3 is 18.3 Å². The number of carbonyl (C=O) groups is 3. The fourth-order valence-corrected chi connectivity index (χ4v) is 1.81. The van der Waals surface area contributed by atoms with Crippen LogP contribution in [0.4, 0.5) is 14.4 Å². The summed E-state index contributed by atoms with van der Waals surface area (Å²) in [5.41, 5.74) is 0. The van der Waals surface area contributed by atoms with Crippen LogP contribution in [-0.2, 0) is 14.2 Å². The van der Waals surface area contributed by atoms with Crippen LogP contribution < -0.4 is 16.0 Å². The van der Waals surface area contributed by atoms with E-state index in [1.165, 1.54) is 21.3 Å². The van der Waals surface area contributed by atoms with Gasteiger partial charge in [0.15, 0.2) is 0 Å². The smallest absolute Gasteiger partial charge is 0.406 e. The molecule has 0 aromatic heterocycles. The van der Waals surface area contributed by atoms with Crippen molar-refractivity contribution in [1.82, 2.24) is 20.9 Å². The lowest BCUT2D eigenvalue weighted by atomic mass is 10.3. The normalized spacial score (nSPS) is 10.0. The molecule has 0 rings (SSSR count). The molecule has 0 atom stereocenters. The number of hydrogen-bond donors (Lipinski definition) is 3. The second-order valence-corrected chi connectivity index (χ2v) is 4.77. The average Bonchev–Trinajstić information content (AvgIpc) is 2.60. The Labute approximate surface area is 142 Å². The predicted molar refractivity (Wildman–Crippen MR) is 86.9 cm³/mol. The van der Waals surface area contributed by atoms with E-state index in [0.29, 0.717) is 32.7 Å². The lowest BCUT2D eigenvalue weighted by Gasteiger charge is -2.22. The Bertz CT molecular complexity index is 356. The summed E-state index contributed by atoms with van der Waals surface area (Å²) >= 11 is 0. The second-order valence-electron chi connectivity index (χ2n) is 4.77. The summed E-state index contributed by atoms with van der Waals surface area (Å²) in [5.74, 6) is 0. The van der Waals surface area contributed by atoms with Gasteiger partial charge in [0.1, 0.15) is 6.61 Å². The molecule has 0 aromatic rings. The van der Waals surface area contributed by atoms with Crippen LogP contribution in [0.1, 0.15) is 12.8 Å². The fourth-order valence-electron chi connectivity index (χ4n) is 1.81. The SMILES string of the molecule is CNC(=O)OCCN(CCCNC(=O)OC)CCCNC(=O)OC. The highest BCUT2D eigenvalue weighted by Crippen LogP contribution is 1.95.